The molecule has 2 saturated heterocycles. The highest BCUT2D eigenvalue weighted by Crippen LogP contribution is 2.27. The van der Waals surface area contributed by atoms with E-state index in [0.717, 1.165) is 34.1 Å². The average molecular weight is 613 g/mol. The van der Waals surface area contributed by atoms with Gasteiger partial charge < -0.3 is 10.6 Å². The minimum Gasteiger partial charge on any atom is -0.311 e. The van der Waals surface area contributed by atoms with Gasteiger partial charge in [-0.1, -0.05) is 145 Å². The molecule has 0 aliphatic carbocycles. The van der Waals surface area contributed by atoms with E-state index >= 15 is 0 Å². The van der Waals surface area contributed by atoms with Crippen LogP contribution in [0, 0.1) is 0 Å². The lowest BCUT2D eigenvalue weighted by Gasteiger charge is -2.03. The van der Waals surface area contributed by atoms with Crippen LogP contribution in [0.5, 0.6) is 0 Å². The zero-order valence-electron chi connectivity index (χ0n) is 21.6. The fourth-order valence-corrected chi connectivity index (χ4v) is 5.61. The van der Waals surface area contributed by atoms with Crippen molar-refractivity contribution in [3.8, 4) is 22.3 Å². The average Bonchev–Trinajstić information content (AvgIpc) is 3.55. The maximum absolute atomic E-state index is 11.7. The molecule has 0 atom stereocenters. The SMILES string of the molecule is O=C1CSC(=S)N1.O=C1NC(=S)S/C1=C/c1cccc(-c2ccccc2)c1.O=Cc1cccc(-c2ccccc2)c1. The first-order valence-corrected chi connectivity index (χ1v) is 15.0. The van der Waals surface area contributed by atoms with Crippen LogP contribution in [0.4, 0.5) is 0 Å². The van der Waals surface area contributed by atoms with Crippen molar-refractivity contribution < 1.29 is 14.4 Å². The van der Waals surface area contributed by atoms with Crippen molar-refractivity contribution in [3.05, 3.63) is 125 Å². The van der Waals surface area contributed by atoms with E-state index in [2.05, 4.69) is 47.1 Å². The second-order valence-electron chi connectivity index (χ2n) is 8.58. The molecule has 0 spiro atoms. The van der Waals surface area contributed by atoms with Gasteiger partial charge in [0.2, 0.25) is 5.91 Å². The topological polar surface area (TPSA) is 75.3 Å². The first-order valence-electron chi connectivity index (χ1n) is 12.4. The van der Waals surface area contributed by atoms with Gasteiger partial charge >= 0.3 is 0 Å². The van der Waals surface area contributed by atoms with Crippen molar-refractivity contribution in [2.24, 2.45) is 0 Å². The number of benzene rings is 4. The van der Waals surface area contributed by atoms with Gasteiger partial charge in [0.05, 0.1) is 10.7 Å². The van der Waals surface area contributed by atoms with Crippen LogP contribution in [0.3, 0.4) is 0 Å². The maximum Gasteiger partial charge on any atom is 0.263 e. The number of carbonyl (C=O) groups is 3. The summed E-state index contributed by atoms with van der Waals surface area (Å²) in [6, 6.07) is 35.9. The predicted octanol–water partition coefficient (Wildman–Crippen LogP) is 7.14. The zero-order chi connectivity index (χ0) is 29.0. The van der Waals surface area contributed by atoms with Gasteiger partial charge in [0, 0.05) is 5.56 Å². The predicted molar refractivity (Wildman–Crippen MR) is 179 cm³/mol. The van der Waals surface area contributed by atoms with E-state index in [1.165, 1.54) is 23.5 Å². The van der Waals surface area contributed by atoms with Gasteiger partial charge in [0.1, 0.15) is 14.9 Å². The molecular weight excluding hydrogens is 589 g/mol. The molecule has 5 nitrogen and oxygen atoms in total. The van der Waals surface area contributed by atoms with Crippen LogP contribution in [0.1, 0.15) is 15.9 Å². The van der Waals surface area contributed by atoms with Crippen LogP contribution in [0.15, 0.2) is 114 Å². The summed E-state index contributed by atoms with van der Waals surface area (Å²) in [5.41, 5.74) is 6.21. The third-order valence-electron chi connectivity index (χ3n) is 5.64. The molecule has 4 aromatic rings. The van der Waals surface area contributed by atoms with Crippen molar-refractivity contribution in [3.63, 3.8) is 0 Å². The first-order chi connectivity index (χ1) is 19.9. The lowest BCUT2D eigenvalue weighted by atomic mass is 10.0. The van der Waals surface area contributed by atoms with E-state index in [0.29, 0.717) is 24.9 Å². The summed E-state index contributed by atoms with van der Waals surface area (Å²) < 4.78 is 1.12. The van der Waals surface area contributed by atoms with Crippen LogP contribution in [0.25, 0.3) is 28.3 Å². The Balaban J connectivity index is 0.000000159. The highest BCUT2D eigenvalue weighted by Gasteiger charge is 2.21. The number of hydrogen-bond acceptors (Lipinski definition) is 7. The fourth-order valence-electron chi connectivity index (χ4n) is 3.75. The lowest BCUT2D eigenvalue weighted by Crippen LogP contribution is -2.18. The van der Waals surface area contributed by atoms with Gasteiger partial charge in [-0.3, -0.25) is 14.4 Å². The highest BCUT2D eigenvalue weighted by molar-refractivity contribution is 8.27. The van der Waals surface area contributed by atoms with Crippen LogP contribution in [-0.2, 0) is 9.59 Å². The number of nitrogens with one attached hydrogen (secondary N) is 2. The number of thioether (sulfide) groups is 2. The summed E-state index contributed by atoms with van der Waals surface area (Å²) >= 11 is 12.3. The molecule has 2 N–H and O–H groups in total. The number of thiocarbonyl (C=S) groups is 2. The molecule has 2 aliphatic heterocycles. The fraction of sp³-hybridized carbons (Fsp3) is 0.0312. The summed E-state index contributed by atoms with van der Waals surface area (Å²) in [6.07, 6.45) is 2.73. The Hall–Kier alpha value is -3.89. The molecule has 0 bridgehead atoms. The Kier molecular flexibility index (Phi) is 11.2. The third kappa shape index (κ3) is 9.33. The molecule has 2 aliphatic rings. The highest BCUT2D eigenvalue weighted by atomic mass is 32.2. The molecule has 2 heterocycles. The molecule has 204 valence electrons. The summed E-state index contributed by atoms with van der Waals surface area (Å²) in [5, 5.41) is 5.09. The summed E-state index contributed by atoms with van der Waals surface area (Å²) in [5.74, 6) is 0.402. The van der Waals surface area contributed by atoms with Crippen LogP contribution < -0.4 is 10.6 Å². The van der Waals surface area contributed by atoms with Gasteiger partial charge in [-0.25, -0.2) is 0 Å². The van der Waals surface area contributed by atoms with Crippen molar-refractivity contribution in [2.75, 3.05) is 5.75 Å². The van der Waals surface area contributed by atoms with Crippen molar-refractivity contribution >= 4 is 80.8 Å². The summed E-state index contributed by atoms with van der Waals surface area (Å²) in [4.78, 5) is 33.1. The molecule has 2 amide bonds. The quantitative estimate of drug-likeness (QED) is 0.144. The Labute approximate surface area is 257 Å². The Bertz CT molecular complexity index is 1590. The van der Waals surface area contributed by atoms with Crippen LogP contribution in [0.2, 0.25) is 0 Å². The second-order valence-corrected chi connectivity index (χ2v) is 11.9. The molecule has 9 heteroatoms. The standard InChI is InChI=1S/C16H11NOS2.C13H10O.C3H3NOS2/c18-15-14(20-16(19)17-15)10-11-5-4-8-13(9-11)12-6-2-1-3-7-12;14-10-11-5-4-8-13(9-11)12-6-2-1-3-7-12;5-2-1-7-3(6)4-2/h1-10H,(H,17,18,19);1-10H;1H2,(H,4,5,6)/b14-10+;;. The number of rotatable bonds is 4. The van der Waals surface area contributed by atoms with E-state index in [4.69, 9.17) is 12.2 Å². The largest absolute Gasteiger partial charge is 0.311 e. The van der Waals surface area contributed by atoms with Crippen molar-refractivity contribution in [1.82, 2.24) is 10.6 Å². The Morgan fingerprint density at radius 3 is 1.61 bits per heavy atom. The number of hydrogen-bond donors (Lipinski definition) is 2. The van der Waals surface area contributed by atoms with E-state index in [1.807, 2.05) is 84.9 Å². The minimum absolute atomic E-state index is 0.0231. The molecule has 0 radical (unpaired) electrons. The van der Waals surface area contributed by atoms with E-state index in [1.54, 1.807) is 6.07 Å². The minimum atomic E-state index is -0.120. The van der Waals surface area contributed by atoms with Crippen molar-refractivity contribution in [1.29, 1.82) is 0 Å². The van der Waals surface area contributed by atoms with Gasteiger partial charge in [0.25, 0.3) is 5.91 Å². The van der Waals surface area contributed by atoms with E-state index in [-0.39, 0.29) is 11.8 Å². The van der Waals surface area contributed by atoms with Crippen LogP contribution >= 0.6 is 48.0 Å². The normalized spacial score (nSPS) is 14.8. The number of amides is 2. The van der Waals surface area contributed by atoms with Crippen LogP contribution in [-0.4, -0.2) is 32.5 Å². The second kappa shape index (κ2) is 15.2. The molecule has 0 saturated carbocycles. The van der Waals surface area contributed by atoms with Gasteiger partial charge in [0.15, 0.2) is 0 Å². The van der Waals surface area contributed by atoms with Gasteiger partial charge in [-0.05, 0) is 46.0 Å². The number of carbonyl (C=O) groups excluding carboxylic acids is 3. The molecule has 0 unspecified atom stereocenters. The molecular formula is C32H24N2O3S4. The van der Waals surface area contributed by atoms with Crippen molar-refractivity contribution in [2.45, 2.75) is 0 Å². The smallest absolute Gasteiger partial charge is 0.263 e. The molecule has 2 fully saturated rings. The molecule has 41 heavy (non-hydrogen) atoms. The monoisotopic (exact) mass is 612 g/mol. The Morgan fingerprint density at radius 2 is 1.17 bits per heavy atom. The number of aldehydes is 1. The Morgan fingerprint density at radius 1 is 0.634 bits per heavy atom. The molecule has 0 aromatic heterocycles. The maximum atomic E-state index is 11.7. The molecule has 4 aromatic carbocycles. The first kappa shape index (κ1) is 30.1. The lowest BCUT2D eigenvalue weighted by molar-refractivity contribution is -0.117. The zero-order valence-corrected chi connectivity index (χ0v) is 24.9. The molecule has 6 rings (SSSR count). The summed E-state index contributed by atoms with van der Waals surface area (Å²) in [7, 11) is 0. The van der Waals surface area contributed by atoms with E-state index < -0.39 is 0 Å². The summed E-state index contributed by atoms with van der Waals surface area (Å²) in [6.45, 7) is 0. The third-order valence-corrected chi connectivity index (χ3v) is 8.03. The van der Waals surface area contributed by atoms with E-state index in [9.17, 15) is 14.4 Å². The van der Waals surface area contributed by atoms with Gasteiger partial charge in [-0.2, -0.15) is 0 Å². The van der Waals surface area contributed by atoms with Gasteiger partial charge in [-0.15, -0.1) is 0 Å².